The minimum atomic E-state index is 0.154. The Labute approximate surface area is 165 Å². The van der Waals surface area contributed by atoms with Gasteiger partial charge in [0.1, 0.15) is 17.8 Å². The first-order valence-electron chi connectivity index (χ1n) is 9.49. The minimum Gasteiger partial charge on any atom is -0.363 e. The van der Waals surface area contributed by atoms with Gasteiger partial charge >= 0.3 is 0 Å². The lowest BCUT2D eigenvalue weighted by Crippen LogP contribution is -2.10. The molecule has 0 amide bonds. The van der Waals surface area contributed by atoms with Crippen LogP contribution in [0.3, 0.4) is 0 Å². The normalized spacial score (nSPS) is 12.4. The van der Waals surface area contributed by atoms with Crippen molar-refractivity contribution in [1.29, 1.82) is 0 Å². The van der Waals surface area contributed by atoms with Gasteiger partial charge in [0.25, 0.3) is 0 Å². The Balaban J connectivity index is 1.66. The standard InChI is InChI=1S/C23H25N5/c1-16(18-9-5-4-6-10-18)26-22-20-13-21(27-23(20)25-15-24-22)19-11-7-8-17(12-19)14-28(2)3/h4-13,15-16H,14H2,1-3H3,(H2,24,25,26,27)/t16-/m1/s1. The molecule has 0 saturated carbocycles. The molecule has 5 heteroatoms. The van der Waals surface area contributed by atoms with Gasteiger partial charge < -0.3 is 15.2 Å². The summed E-state index contributed by atoms with van der Waals surface area (Å²) in [5.74, 6) is 0.841. The van der Waals surface area contributed by atoms with E-state index in [0.717, 1.165) is 34.7 Å². The molecule has 2 aromatic heterocycles. The van der Waals surface area contributed by atoms with Crippen molar-refractivity contribution < 1.29 is 0 Å². The number of aromatic nitrogens is 3. The van der Waals surface area contributed by atoms with Crippen LogP contribution in [0.5, 0.6) is 0 Å². The van der Waals surface area contributed by atoms with Crippen molar-refractivity contribution >= 4 is 16.9 Å². The third kappa shape index (κ3) is 3.89. The summed E-state index contributed by atoms with van der Waals surface area (Å²) in [7, 11) is 4.16. The maximum Gasteiger partial charge on any atom is 0.143 e. The summed E-state index contributed by atoms with van der Waals surface area (Å²) in [5, 5.41) is 4.52. The highest BCUT2D eigenvalue weighted by Gasteiger charge is 2.12. The molecule has 1 atom stereocenters. The number of rotatable bonds is 6. The van der Waals surface area contributed by atoms with Gasteiger partial charge in [-0.15, -0.1) is 0 Å². The number of H-pyrrole nitrogens is 1. The van der Waals surface area contributed by atoms with Gasteiger partial charge in [-0.1, -0.05) is 48.5 Å². The number of anilines is 1. The molecule has 2 N–H and O–H groups in total. The second-order valence-corrected chi connectivity index (χ2v) is 7.38. The van der Waals surface area contributed by atoms with E-state index >= 15 is 0 Å². The van der Waals surface area contributed by atoms with Crippen molar-refractivity contribution in [2.45, 2.75) is 19.5 Å². The summed E-state index contributed by atoms with van der Waals surface area (Å²) < 4.78 is 0. The van der Waals surface area contributed by atoms with E-state index in [4.69, 9.17) is 0 Å². The number of aromatic amines is 1. The van der Waals surface area contributed by atoms with E-state index in [-0.39, 0.29) is 6.04 Å². The van der Waals surface area contributed by atoms with E-state index in [1.807, 2.05) is 6.07 Å². The maximum absolute atomic E-state index is 4.49. The molecule has 0 spiro atoms. The molecule has 28 heavy (non-hydrogen) atoms. The van der Waals surface area contributed by atoms with Gasteiger partial charge in [-0.25, -0.2) is 9.97 Å². The van der Waals surface area contributed by atoms with E-state index in [1.54, 1.807) is 6.33 Å². The van der Waals surface area contributed by atoms with E-state index in [2.05, 4.69) is 101 Å². The van der Waals surface area contributed by atoms with Crippen LogP contribution in [-0.4, -0.2) is 33.9 Å². The van der Waals surface area contributed by atoms with Crippen molar-refractivity contribution in [3.8, 4) is 11.3 Å². The third-order valence-electron chi connectivity index (χ3n) is 4.82. The fraction of sp³-hybridized carbons (Fsp3) is 0.217. The van der Waals surface area contributed by atoms with Crippen molar-refractivity contribution in [3.63, 3.8) is 0 Å². The third-order valence-corrected chi connectivity index (χ3v) is 4.82. The zero-order valence-electron chi connectivity index (χ0n) is 16.5. The molecule has 4 aromatic rings. The number of hydrogen-bond donors (Lipinski definition) is 2. The second-order valence-electron chi connectivity index (χ2n) is 7.38. The first-order chi connectivity index (χ1) is 13.6. The molecule has 0 unspecified atom stereocenters. The molecule has 0 aliphatic heterocycles. The molecule has 0 aliphatic rings. The van der Waals surface area contributed by atoms with Crippen molar-refractivity contribution in [3.05, 3.63) is 78.1 Å². The summed E-state index contributed by atoms with van der Waals surface area (Å²) in [6.45, 7) is 3.05. The van der Waals surface area contributed by atoms with Gasteiger partial charge in [0.05, 0.1) is 5.39 Å². The number of hydrogen-bond acceptors (Lipinski definition) is 4. The average Bonchev–Trinajstić information content (AvgIpc) is 3.14. The quantitative estimate of drug-likeness (QED) is 0.508. The van der Waals surface area contributed by atoms with Crippen molar-refractivity contribution in [2.24, 2.45) is 0 Å². The van der Waals surface area contributed by atoms with E-state index in [9.17, 15) is 0 Å². The number of fused-ring (bicyclic) bond motifs is 1. The second kappa shape index (κ2) is 7.82. The van der Waals surface area contributed by atoms with Crippen LogP contribution >= 0.6 is 0 Å². The van der Waals surface area contributed by atoms with Crippen LogP contribution < -0.4 is 5.32 Å². The van der Waals surface area contributed by atoms with Gasteiger partial charge in [0, 0.05) is 18.3 Å². The minimum absolute atomic E-state index is 0.154. The highest BCUT2D eigenvalue weighted by Crippen LogP contribution is 2.29. The smallest absolute Gasteiger partial charge is 0.143 e. The van der Waals surface area contributed by atoms with Crippen molar-refractivity contribution in [1.82, 2.24) is 19.9 Å². The molecule has 2 heterocycles. The Kier molecular flexibility index (Phi) is 5.08. The Morgan fingerprint density at radius 3 is 2.61 bits per heavy atom. The maximum atomic E-state index is 4.49. The Morgan fingerprint density at radius 2 is 1.82 bits per heavy atom. The zero-order valence-corrected chi connectivity index (χ0v) is 16.5. The summed E-state index contributed by atoms with van der Waals surface area (Å²) in [6.07, 6.45) is 1.60. The van der Waals surface area contributed by atoms with Crippen LogP contribution in [0, 0.1) is 0 Å². The average molecular weight is 371 g/mol. The first kappa shape index (κ1) is 18.2. The topological polar surface area (TPSA) is 56.8 Å². The molecule has 2 aromatic carbocycles. The molecule has 142 valence electrons. The number of nitrogens with one attached hydrogen (secondary N) is 2. The monoisotopic (exact) mass is 371 g/mol. The Hall–Kier alpha value is -3.18. The fourth-order valence-electron chi connectivity index (χ4n) is 3.44. The number of benzene rings is 2. The lowest BCUT2D eigenvalue weighted by Gasteiger charge is -2.15. The predicted octanol–water partition coefficient (Wildman–Crippen LogP) is 4.86. The van der Waals surface area contributed by atoms with Gasteiger partial charge in [-0.05, 0) is 49.8 Å². The fourth-order valence-corrected chi connectivity index (χ4v) is 3.44. The molecular formula is C23H25N5. The molecule has 0 fully saturated rings. The lowest BCUT2D eigenvalue weighted by atomic mass is 10.1. The summed E-state index contributed by atoms with van der Waals surface area (Å²) >= 11 is 0. The van der Waals surface area contributed by atoms with E-state index in [1.165, 1.54) is 11.1 Å². The summed E-state index contributed by atoms with van der Waals surface area (Å²) in [4.78, 5) is 14.5. The molecule has 0 radical (unpaired) electrons. The lowest BCUT2D eigenvalue weighted by molar-refractivity contribution is 0.402. The molecule has 5 nitrogen and oxygen atoms in total. The molecule has 0 bridgehead atoms. The van der Waals surface area contributed by atoms with E-state index < -0.39 is 0 Å². The van der Waals surface area contributed by atoms with Crippen LogP contribution in [0.2, 0.25) is 0 Å². The van der Waals surface area contributed by atoms with Crippen LogP contribution in [-0.2, 0) is 6.54 Å². The van der Waals surface area contributed by atoms with Crippen LogP contribution in [0.4, 0.5) is 5.82 Å². The van der Waals surface area contributed by atoms with Gasteiger partial charge in [0.15, 0.2) is 0 Å². The van der Waals surface area contributed by atoms with Crippen molar-refractivity contribution in [2.75, 3.05) is 19.4 Å². The molecule has 4 rings (SSSR count). The van der Waals surface area contributed by atoms with Crippen LogP contribution in [0.1, 0.15) is 24.1 Å². The highest BCUT2D eigenvalue weighted by molar-refractivity contribution is 5.91. The van der Waals surface area contributed by atoms with Gasteiger partial charge in [-0.3, -0.25) is 0 Å². The summed E-state index contributed by atoms with van der Waals surface area (Å²) in [6, 6.07) is 21.3. The van der Waals surface area contributed by atoms with E-state index in [0.29, 0.717) is 0 Å². The van der Waals surface area contributed by atoms with Gasteiger partial charge in [-0.2, -0.15) is 0 Å². The molecule has 0 aliphatic carbocycles. The SMILES string of the molecule is C[C@@H](Nc1ncnc2[nH]c(-c3cccc(CN(C)C)c3)cc12)c1ccccc1. The largest absolute Gasteiger partial charge is 0.363 e. The highest BCUT2D eigenvalue weighted by atomic mass is 15.1. The van der Waals surface area contributed by atoms with Crippen LogP contribution in [0.15, 0.2) is 67.0 Å². The summed E-state index contributed by atoms with van der Waals surface area (Å²) in [5.41, 5.74) is 5.54. The Bertz CT molecular complexity index is 1070. The Morgan fingerprint density at radius 1 is 1.00 bits per heavy atom. The number of nitrogens with zero attached hydrogens (tertiary/aromatic N) is 3. The molecule has 0 saturated heterocycles. The molecular weight excluding hydrogens is 346 g/mol. The van der Waals surface area contributed by atoms with Crippen LogP contribution in [0.25, 0.3) is 22.3 Å². The van der Waals surface area contributed by atoms with Gasteiger partial charge in [0.2, 0.25) is 0 Å². The zero-order chi connectivity index (χ0) is 19.5. The predicted molar refractivity (Wildman–Crippen MR) is 115 cm³/mol. The first-order valence-corrected chi connectivity index (χ1v) is 9.49.